The lowest BCUT2D eigenvalue weighted by molar-refractivity contribution is 0.0598. The Bertz CT molecular complexity index is 977. The molecule has 0 radical (unpaired) electrons. The van der Waals surface area contributed by atoms with E-state index >= 15 is 0 Å². The molecule has 0 aromatic heterocycles. The summed E-state index contributed by atoms with van der Waals surface area (Å²) in [5.41, 5.74) is 1.67. The summed E-state index contributed by atoms with van der Waals surface area (Å²) in [6.07, 6.45) is 1.73. The molecule has 4 rings (SSSR count). The van der Waals surface area contributed by atoms with E-state index in [1.54, 1.807) is 0 Å². The fourth-order valence-corrected chi connectivity index (χ4v) is 5.36. The van der Waals surface area contributed by atoms with Gasteiger partial charge in [-0.15, -0.1) is 4.31 Å². The third kappa shape index (κ3) is 3.65. The fraction of sp³-hybridized carbons (Fsp3) is 0.261. The zero-order valence-electron chi connectivity index (χ0n) is 15.8. The van der Waals surface area contributed by atoms with Crippen LogP contribution < -0.4 is 0 Å². The van der Waals surface area contributed by atoms with Crippen molar-refractivity contribution in [2.45, 2.75) is 23.7 Å². The van der Waals surface area contributed by atoms with E-state index in [9.17, 15) is 9.35 Å². The minimum Gasteiger partial charge on any atom is -0.593 e. The molecule has 28 heavy (non-hydrogen) atoms. The Morgan fingerprint density at radius 3 is 2.46 bits per heavy atom. The van der Waals surface area contributed by atoms with Gasteiger partial charge in [-0.3, -0.25) is 0 Å². The summed E-state index contributed by atoms with van der Waals surface area (Å²) in [6, 6.07) is 21.7. The van der Waals surface area contributed by atoms with Gasteiger partial charge in [-0.05, 0) is 47.9 Å². The Morgan fingerprint density at radius 1 is 1.00 bits per heavy atom. The van der Waals surface area contributed by atoms with Crippen LogP contribution in [-0.4, -0.2) is 35.0 Å². The van der Waals surface area contributed by atoms with Crippen LogP contribution in [0.25, 0.3) is 10.8 Å². The highest BCUT2D eigenvalue weighted by atomic mass is 32.2. The van der Waals surface area contributed by atoms with Crippen LogP contribution in [0.5, 0.6) is 0 Å². The molecule has 0 N–H and O–H groups in total. The third-order valence-electron chi connectivity index (χ3n) is 5.43. The van der Waals surface area contributed by atoms with Gasteiger partial charge in [0.1, 0.15) is 0 Å². The van der Waals surface area contributed by atoms with Gasteiger partial charge in [-0.2, -0.15) is 0 Å². The normalized spacial score (nSPS) is 16.8. The number of hydrogen-bond donors (Lipinski definition) is 0. The van der Waals surface area contributed by atoms with Gasteiger partial charge in [-0.1, -0.05) is 48.5 Å². The van der Waals surface area contributed by atoms with Crippen LogP contribution in [-0.2, 0) is 16.1 Å². The van der Waals surface area contributed by atoms with Gasteiger partial charge in [-0.25, -0.2) is 4.79 Å². The lowest BCUT2D eigenvalue weighted by atomic mass is 9.87. The number of methoxy groups -OCH3 is 1. The number of hydrogen-bond acceptors (Lipinski definition) is 4. The maximum atomic E-state index is 13.2. The maximum absolute atomic E-state index is 13.2. The van der Waals surface area contributed by atoms with Crippen LogP contribution in [0.1, 0.15) is 34.7 Å². The van der Waals surface area contributed by atoms with Crippen molar-refractivity contribution in [2.24, 2.45) is 0 Å². The average molecular weight is 394 g/mol. The summed E-state index contributed by atoms with van der Waals surface area (Å²) in [7, 11) is 1.41. The number of nitrogens with zero attached hydrogens (tertiary/aromatic N) is 1. The van der Waals surface area contributed by atoms with E-state index in [1.165, 1.54) is 7.11 Å². The molecule has 1 unspecified atom stereocenters. The summed E-state index contributed by atoms with van der Waals surface area (Å²) in [5, 5.41) is 2.15. The Hall–Kier alpha value is -2.34. The molecule has 1 aliphatic rings. The molecular weight excluding hydrogens is 370 g/mol. The van der Waals surface area contributed by atoms with Crippen LogP contribution in [0, 0.1) is 0 Å². The molecule has 1 heterocycles. The largest absolute Gasteiger partial charge is 0.593 e. The molecule has 1 fully saturated rings. The first-order valence-corrected chi connectivity index (χ1v) is 10.6. The quantitative estimate of drug-likeness (QED) is 0.483. The minimum atomic E-state index is -1.19. The lowest BCUT2D eigenvalue weighted by Crippen LogP contribution is -2.38. The van der Waals surface area contributed by atoms with E-state index < -0.39 is 11.4 Å². The number of carbonyl (C=O) groups is 1. The molecule has 1 atom stereocenters. The summed E-state index contributed by atoms with van der Waals surface area (Å²) < 4.78 is 20.2. The Balaban J connectivity index is 1.51. The molecular formula is C23H23NO3S. The second-order valence-corrected chi connectivity index (χ2v) is 8.46. The molecule has 0 aliphatic carbocycles. The first-order valence-electron chi connectivity index (χ1n) is 9.51. The van der Waals surface area contributed by atoms with E-state index in [4.69, 9.17) is 4.74 Å². The van der Waals surface area contributed by atoms with Gasteiger partial charge in [0, 0.05) is 18.5 Å². The minimum absolute atomic E-state index is 0.274. The standard InChI is InChI=1S/C23H23NO3S/c1-27-23(25)21-11-5-4-9-19(21)18-13-15-24(16-14-18)28(26)22-12-6-8-17-7-2-3-10-20(17)22/h2-12,18H,13-16H2,1H3. The first kappa shape index (κ1) is 19.0. The second kappa shape index (κ2) is 8.35. The van der Waals surface area contributed by atoms with Crippen LogP contribution in [0.4, 0.5) is 0 Å². The van der Waals surface area contributed by atoms with Crippen molar-refractivity contribution in [3.05, 3.63) is 77.9 Å². The van der Waals surface area contributed by atoms with Crippen molar-refractivity contribution in [2.75, 3.05) is 20.2 Å². The van der Waals surface area contributed by atoms with Gasteiger partial charge < -0.3 is 9.29 Å². The predicted octanol–water partition coefficient (Wildman–Crippen LogP) is 4.53. The molecule has 4 nitrogen and oxygen atoms in total. The number of piperidine rings is 1. The summed E-state index contributed by atoms with van der Waals surface area (Å²) in [6.45, 7) is 1.46. The molecule has 1 saturated heterocycles. The van der Waals surface area contributed by atoms with Crippen LogP contribution in [0.2, 0.25) is 0 Å². The van der Waals surface area contributed by atoms with Crippen LogP contribution in [0.15, 0.2) is 71.6 Å². The van der Waals surface area contributed by atoms with E-state index in [-0.39, 0.29) is 11.9 Å². The SMILES string of the molecule is COC(=O)c1ccccc1C1CCN([S+]([O-])c2cccc3ccccc23)CC1. The predicted molar refractivity (Wildman–Crippen MR) is 112 cm³/mol. The van der Waals surface area contributed by atoms with Gasteiger partial charge >= 0.3 is 5.97 Å². The molecule has 5 heteroatoms. The van der Waals surface area contributed by atoms with Crippen molar-refractivity contribution in [3.8, 4) is 0 Å². The molecule has 1 aliphatic heterocycles. The second-order valence-electron chi connectivity index (χ2n) is 7.01. The van der Waals surface area contributed by atoms with Crippen molar-refractivity contribution in [3.63, 3.8) is 0 Å². The van der Waals surface area contributed by atoms with Crippen molar-refractivity contribution in [1.29, 1.82) is 0 Å². The van der Waals surface area contributed by atoms with Gasteiger partial charge in [0.2, 0.25) is 0 Å². The highest BCUT2D eigenvalue weighted by Crippen LogP contribution is 2.34. The highest BCUT2D eigenvalue weighted by Gasteiger charge is 2.31. The van der Waals surface area contributed by atoms with Crippen LogP contribution in [0.3, 0.4) is 0 Å². The number of carbonyl (C=O) groups excluding carboxylic acids is 1. The number of benzene rings is 3. The summed E-state index contributed by atoms with van der Waals surface area (Å²) in [5.74, 6) is -0.0200. The molecule has 0 bridgehead atoms. The Labute approximate surface area is 168 Å². The third-order valence-corrected chi connectivity index (χ3v) is 7.00. The van der Waals surface area contributed by atoms with E-state index in [2.05, 4.69) is 0 Å². The van der Waals surface area contributed by atoms with Crippen LogP contribution >= 0.6 is 0 Å². The molecule has 3 aromatic rings. The molecule has 0 amide bonds. The molecule has 0 spiro atoms. The number of rotatable bonds is 4. The van der Waals surface area contributed by atoms with Gasteiger partial charge in [0.15, 0.2) is 4.90 Å². The topological polar surface area (TPSA) is 52.6 Å². The monoisotopic (exact) mass is 393 g/mol. The van der Waals surface area contributed by atoms with Crippen molar-refractivity contribution < 1.29 is 14.1 Å². The Morgan fingerprint density at radius 2 is 1.68 bits per heavy atom. The number of fused-ring (bicyclic) bond motifs is 1. The summed E-state index contributed by atoms with van der Waals surface area (Å²) >= 11 is -1.19. The lowest BCUT2D eigenvalue weighted by Gasteiger charge is -2.32. The van der Waals surface area contributed by atoms with Gasteiger partial charge in [0.05, 0.1) is 24.0 Å². The maximum Gasteiger partial charge on any atom is 0.338 e. The molecule has 144 valence electrons. The molecule has 3 aromatic carbocycles. The van der Waals surface area contributed by atoms with Crippen molar-refractivity contribution >= 4 is 28.1 Å². The number of esters is 1. The van der Waals surface area contributed by atoms with E-state index in [1.807, 2.05) is 71.0 Å². The molecule has 0 saturated carbocycles. The highest BCUT2D eigenvalue weighted by molar-refractivity contribution is 7.89. The van der Waals surface area contributed by atoms with E-state index in [0.717, 1.165) is 47.2 Å². The van der Waals surface area contributed by atoms with Gasteiger partial charge in [0.25, 0.3) is 0 Å². The fourth-order valence-electron chi connectivity index (χ4n) is 3.97. The number of ether oxygens (including phenoxy) is 1. The smallest absolute Gasteiger partial charge is 0.338 e. The summed E-state index contributed by atoms with van der Waals surface area (Å²) in [4.78, 5) is 12.9. The first-order chi connectivity index (χ1) is 13.7. The zero-order valence-corrected chi connectivity index (χ0v) is 16.7. The van der Waals surface area contributed by atoms with Crippen molar-refractivity contribution in [1.82, 2.24) is 4.31 Å². The van der Waals surface area contributed by atoms with E-state index in [0.29, 0.717) is 5.56 Å². The average Bonchev–Trinajstić information content (AvgIpc) is 2.78. The zero-order chi connectivity index (χ0) is 19.5. The Kier molecular flexibility index (Phi) is 5.67.